The van der Waals surface area contributed by atoms with Gasteiger partial charge in [0, 0.05) is 11.9 Å². The van der Waals surface area contributed by atoms with Gasteiger partial charge in [-0.3, -0.25) is 9.59 Å². The molecule has 0 aliphatic carbocycles. The Morgan fingerprint density at radius 3 is 2.44 bits per heavy atom. The molecule has 0 fully saturated rings. The molecule has 0 spiro atoms. The number of carbonyl (C=O) groups excluding carboxylic acids is 2. The van der Waals surface area contributed by atoms with Crippen LogP contribution in [-0.4, -0.2) is 19.1 Å². The minimum Gasteiger partial charge on any atom is -0.385 e. The zero-order valence-electron chi connectivity index (χ0n) is 10.0. The van der Waals surface area contributed by atoms with E-state index in [2.05, 4.69) is 5.32 Å². The molecule has 1 heterocycles. The van der Waals surface area contributed by atoms with Crippen LogP contribution in [0.2, 0.25) is 0 Å². The van der Waals surface area contributed by atoms with Gasteiger partial charge in [-0.25, -0.2) is 0 Å². The lowest BCUT2D eigenvalue weighted by Gasteiger charge is -2.05. The van der Waals surface area contributed by atoms with Crippen molar-refractivity contribution in [1.29, 1.82) is 0 Å². The van der Waals surface area contributed by atoms with Gasteiger partial charge in [0.1, 0.15) is 0 Å². The maximum atomic E-state index is 11.2. The number of Topliss-reactive ketones (excluding diaryl/α,β-unsaturated/α-hetero) is 1. The van der Waals surface area contributed by atoms with Crippen molar-refractivity contribution < 1.29 is 9.59 Å². The highest BCUT2D eigenvalue weighted by Gasteiger charge is 2.11. The number of nitrogens with one attached hydrogen (secondary N) is 1. The largest absolute Gasteiger partial charge is 0.385 e. The lowest BCUT2D eigenvalue weighted by atomic mass is 10.1. The molecule has 1 N–H and O–H groups in total. The molecule has 0 aromatic carbocycles. The van der Waals surface area contributed by atoms with E-state index >= 15 is 0 Å². The second-order valence-corrected chi connectivity index (χ2v) is 3.66. The first-order valence-electron chi connectivity index (χ1n) is 5.12. The summed E-state index contributed by atoms with van der Waals surface area (Å²) in [4.78, 5) is 22.5. The van der Waals surface area contributed by atoms with Crippen molar-refractivity contribution in [1.82, 2.24) is 5.32 Å². The molecular formula is C12H17NO2S. The standard InChI is InChI=1S/C10H11NO2S.C2H6/c1-7(9-4-3-5-14-9)10(11-2)8(13)6-12;1-2/h3-6,11H,1-2H3;1-2H3/b10-7-;. The molecule has 88 valence electrons. The molecule has 0 saturated carbocycles. The summed E-state index contributed by atoms with van der Waals surface area (Å²) < 4.78 is 0. The van der Waals surface area contributed by atoms with E-state index in [4.69, 9.17) is 0 Å². The fourth-order valence-corrected chi connectivity index (χ4v) is 1.91. The highest BCUT2D eigenvalue weighted by molar-refractivity contribution is 7.11. The molecule has 0 radical (unpaired) electrons. The van der Waals surface area contributed by atoms with E-state index in [1.165, 1.54) is 11.3 Å². The summed E-state index contributed by atoms with van der Waals surface area (Å²) in [6, 6.07) is 3.82. The summed E-state index contributed by atoms with van der Waals surface area (Å²) in [6.45, 7) is 5.82. The Morgan fingerprint density at radius 2 is 2.06 bits per heavy atom. The molecule has 1 rings (SSSR count). The van der Waals surface area contributed by atoms with Crippen LogP contribution in [0.5, 0.6) is 0 Å². The number of hydrogen-bond donors (Lipinski definition) is 1. The maximum Gasteiger partial charge on any atom is 0.241 e. The van der Waals surface area contributed by atoms with Crippen LogP contribution in [0, 0.1) is 0 Å². The predicted octanol–water partition coefficient (Wildman–Crippen LogP) is 2.49. The van der Waals surface area contributed by atoms with Gasteiger partial charge in [-0.2, -0.15) is 0 Å². The fourth-order valence-electron chi connectivity index (χ4n) is 1.17. The normalized spacial score (nSPS) is 10.8. The van der Waals surface area contributed by atoms with Crippen LogP contribution in [0.15, 0.2) is 23.2 Å². The maximum absolute atomic E-state index is 11.2. The Kier molecular flexibility index (Phi) is 7.12. The lowest BCUT2D eigenvalue weighted by molar-refractivity contribution is -0.127. The van der Waals surface area contributed by atoms with E-state index in [-0.39, 0.29) is 0 Å². The van der Waals surface area contributed by atoms with Gasteiger partial charge in [0.05, 0.1) is 5.70 Å². The molecule has 16 heavy (non-hydrogen) atoms. The van der Waals surface area contributed by atoms with Crippen LogP contribution >= 0.6 is 11.3 Å². The van der Waals surface area contributed by atoms with Crippen molar-refractivity contribution in [3.8, 4) is 0 Å². The van der Waals surface area contributed by atoms with E-state index in [0.29, 0.717) is 12.0 Å². The molecular weight excluding hydrogens is 222 g/mol. The second kappa shape index (κ2) is 7.82. The highest BCUT2D eigenvalue weighted by Crippen LogP contribution is 2.21. The van der Waals surface area contributed by atoms with Crippen molar-refractivity contribution in [2.24, 2.45) is 0 Å². The first kappa shape index (κ1) is 14.6. The number of allylic oxidation sites excluding steroid dienone is 2. The third kappa shape index (κ3) is 3.62. The number of aldehydes is 1. The van der Waals surface area contributed by atoms with Crippen LogP contribution in [0.3, 0.4) is 0 Å². The predicted molar refractivity (Wildman–Crippen MR) is 68.4 cm³/mol. The van der Waals surface area contributed by atoms with E-state index in [0.717, 1.165) is 10.5 Å². The van der Waals surface area contributed by atoms with Gasteiger partial charge in [-0.1, -0.05) is 19.9 Å². The second-order valence-electron chi connectivity index (χ2n) is 2.71. The van der Waals surface area contributed by atoms with Crippen LogP contribution in [0.25, 0.3) is 5.57 Å². The van der Waals surface area contributed by atoms with Gasteiger partial charge in [0.25, 0.3) is 0 Å². The molecule has 0 aliphatic heterocycles. The zero-order valence-corrected chi connectivity index (χ0v) is 10.9. The van der Waals surface area contributed by atoms with Gasteiger partial charge in [-0.15, -0.1) is 11.3 Å². The average Bonchev–Trinajstić information content (AvgIpc) is 2.85. The van der Waals surface area contributed by atoms with Crippen molar-refractivity contribution in [3.05, 3.63) is 28.1 Å². The van der Waals surface area contributed by atoms with E-state index < -0.39 is 5.78 Å². The summed E-state index contributed by atoms with van der Waals surface area (Å²) in [5.41, 5.74) is 1.17. The smallest absolute Gasteiger partial charge is 0.241 e. The van der Waals surface area contributed by atoms with Gasteiger partial charge >= 0.3 is 0 Å². The molecule has 0 amide bonds. The molecule has 0 bridgehead atoms. The Balaban J connectivity index is 0.00000106. The molecule has 0 saturated heterocycles. The van der Waals surface area contributed by atoms with Crippen molar-refractivity contribution in [3.63, 3.8) is 0 Å². The third-order valence-electron chi connectivity index (χ3n) is 1.87. The highest BCUT2D eigenvalue weighted by atomic mass is 32.1. The lowest BCUT2D eigenvalue weighted by Crippen LogP contribution is -2.18. The number of hydrogen-bond acceptors (Lipinski definition) is 4. The minimum absolute atomic E-state index is 0.322. The summed E-state index contributed by atoms with van der Waals surface area (Å²) in [5, 5.41) is 4.67. The van der Waals surface area contributed by atoms with Crippen LogP contribution in [0.1, 0.15) is 25.6 Å². The molecule has 3 nitrogen and oxygen atoms in total. The van der Waals surface area contributed by atoms with Crippen LogP contribution < -0.4 is 5.32 Å². The number of likely N-dealkylation sites (N-methyl/N-ethyl adjacent to an activating group) is 1. The van der Waals surface area contributed by atoms with Crippen LogP contribution in [-0.2, 0) is 9.59 Å². The topological polar surface area (TPSA) is 46.2 Å². The Morgan fingerprint density at radius 1 is 1.44 bits per heavy atom. The quantitative estimate of drug-likeness (QED) is 0.499. The monoisotopic (exact) mass is 239 g/mol. The molecule has 1 aromatic heterocycles. The van der Waals surface area contributed by atoms with Crippen molar-refractivity contribution >= 4 is 29.0 Å². The Bertz CT molecular complexity index is 366. The Hall–Kier alpha value is -1.42. The van der Waals surface area contributed by atoms with E-state index in [1.54, 1.807) is 7.05 Å². The summed E-state index contributed by atoms with van der Waals surface area (Å²) >= 11 is 1.54. The number of thiophene rings is 1. The van der Waals surface area contributed by atoms with Crippen molar-refractivity contribution in [2.45, 2.75) is 20.8 Å². The number of rotatable bonds is 4. The summed E-state index contributed by atoms with van der Waals surface area (Å²) in [6.07, 6.45) is 0.322. The molecule has 0 atom stereocenters. The van der Waals surface area contributed by atoms with Gasteiger partial charge in [-0.05, 0) is 23.9 Å². The van der Waals surface area contributed by atoms with Crippen molar-refractivity contribution in [2.75, 3.05) is 7.05 Å². The number of ketones is 1. The molecule has 4 heteroatoms. The van der Waals surface area contributed by atoms with Gasteiger partial charge < -0.3 is 5.32 Å². The minimum atomic E-state index is -0.515. The Labute approximate surface area is 100 Å². The first-order valence-corrected chi connectivity index (χ1v) is 6.00. The summed E-state index contributed by atoms with van der Waals surface area (Å²) in [5.74, 6) is -0.515. The molecule has 0 aliphatic rings. The SMILES string of the molecule is CC.CN/C(C(=O)C=O)=C(/C)c1cccs1. The molecule has 1 aromatic rings. The zero-order chi connectivity index (χ0) is 12.6. The first-order chi connectivity index (χ1) is 7.70. The van der Waals surface area contributed by atoms with Crippen LogP contribution in [0.4, 0.5) is 0 Å². The van der Waals surface area contributed by atoms with E-state index in [1.807, 2.05) is 38.3 Å². The van der Waals surface area contributed by atoms with Gasteiger partial charge in [0.2, 0.25) is 5.78 Å². The molecule has 0 unspecified atom stereocenters. The van der Waals surface area contributed by atoms with Gasteiger partial charge in [0.15, 0.2) is 6.29 Å². The third-order valence-corrected chi connectivity index (χ3v) is 2.86. The average molecular weight is 239 g/mol. The fraction of sp³-hybridized carbons (Fsp3) is 0.333. The number of carbonyl (C=O) groups is 2. The van der Waals surface area contributed by atoms with E-state index in [9.17, 15) is 9.59 Å². The summed E-state index contributed by atoms with van der Waals surface area (Å²) in [7, 11) is 1.63.